The maximum absolute atomic E-state index is 12.4. The van der Waals surface area contributed by atoms with Gasteiger partial charge in [0.1, 0.15) is 0 Å². The summed E-state index contributed by atoms with van der Waals surface area (Å²) in [6, 6.07) is 0. The Labute approximate surface area is 115 Å². The zero-order valence-corrected chi connectivity index (χ0v) is 12.1. The van der Waals surface area contributed by atoms with Crippen LogP contribution in [0.3, 0.4) is 0 Å². The molecule has 18 heavy (non-hydrogen) atoms. The van der Waals surface area contributed by atoms with Crippen LogP contribution < -0.4 is 11.1 Å². The van der Waals surface area contributed by atoms with E-state index in [0.29, 0.717) is 4.99 Å². The summed E-state index contributed by atoms with van der Waals surface area (Å²) in [5.74, 6) is 0.0700. The van der Waals surface area contributed by atoms with Crippen LogP contribution in [0.5, 0.6) is 0 Å². The lowest BCUT2D eigenvalue weighted by Crippen LogP contribution is -2.49. The van der Waals surface area contributed by atoms with Crippen molar-refractivity contribution in [1.29, 1.82) is 0 Å². The van der Waals surface area contributed by atoms with Gasteiger partial charge in [0.2, 0.25) is 5.91 Å². The lowest BCUT2D eigenvalue weighted by molar-refractivity contribution is -0.127. The number of carbonyl (C=O) groups excluding carboxylic acids is 1. The number of carbonyl (C=O) groups is 1. The lowest BCUT2D eigenvalue weighted by Gasteiger charge is -2.30. The van der Waals surface area contributed by atoms with E-state index in [9.17, 15) is 4.79 Å². The summed E-state index contributed by atoms with van der Waals surface area (Å²) in [4.78, 5) is 12.8. The summed E-state index contributed by atoms with van der Waals surface area (Å²) in [7, 11) is 0. The Kier molecular flexibility index (Phi) is 3.95. The average molecular weight is 268 g/mol. The Balaban J connectivity index is 1.96. The average Bonchev–Trinajstić information content (AvgIpc) is 2.96. The fraction of sp³-hybridized carbons (Fsp3) is 0.857. The molecule has 0 atom stereocenters. The van der Waals surface area contributed by atoms with Gasteiger partial charge in [-0.15, -0.1) is 0 Å². The van der Waals surface area contributed by atoms with Crippen molar-refractivity contribution in [3.8, 4) is 0 Å². The molecule has 0 aromatic carbocycles. The molecule has 2 fully saturated rings. The van der Waals surface area contributed by atoms with Gasteiger partial charge in [0.25, 0.3) is 0 Å². The number of rotatable bonds is 4. The van der Waals surface area contributed by atoms with Crippen molar-refractivity contribution in [3.05, 3.63) is 0 Å². The first kappa shape index (κ1) is 13.8. The molecule has 2 aliphatic carbocycles. The second-order valence-electron chi connectivity index (χ2n) is 6.35. The molecule has 0 radical (unpaired) electrons. The smallest absolute Gasteiger partial charge is 0.233 e. The van der Waals surface area contributed by atoms with Gasteiger partial charge in [-0.3, -0.25) is 4.79 Å². The summed E-state index contributed by atoms with van der Waals surface area (Å²) >= 11 is 5.14. The van der Waals surface area contributed by atoms with Gasteiger partial charge in [-0.2, -0.15) is 0 Å². The summed E-state index contributed by atoms with van der Waals surface area (Å²) in [6.45, 7) is 3.04. The molecule has 2 aliphatic rings. The van der Waals surface area contributed by atoms with Crippen molar-refractivity contribution in [2.75, 3.05) is 6.54 Å². The van der Waals surface area contributed by atoms with E-state index in [-0.39, 0.29) is 11.3 Å². The lowest BCUT2D eigenvalue weighted by atomic mass is 9.83. The maximum Gasteiger partial charge on any atom is 0.233 e. The quantitative estimate of drug-likeness (QED) is 0.770. The minimum absolute atomic E-state index is 0.0700. The van der Waals surface area contributed by atoms with Crippen LogP contribution in [-0.2, 0) is 4.79 Å². The van der Waals surface area contributed by atoms with E-state index >= 15 is 0 Å². The minimum atomic E-state index is -0.551. The van der Waals surface area contributed by atoms with E-state index in [1.54, 1.807) is 0 Å². The van der Waals surface area contributed by atoms with Crippen molar-refractivity contribution in [1.82, 2.24) is 5.32 Å². The van der Waals surface area contributed by atoms with Crippen molar-refractivity contribution in [3.63, 3.8) is 0 Å². The van der Waals surface area contributed by atoms with Gasteiger partial charge in [-0.25, -0.2) is 0 Å². The third-order valence-electron chi connectivity index (χ3n) is 4.85. The van der Waals surface area contributed by atoms with Crippen LogP contribution in [0.25, 0.3) is 0 Å². The molecule has 102 valence electrons. The summed E-state index contributed by atoms with van der Waals surface area (Å²) in [5, 5.41) is 3.12. The molecular weight excluding hydrogens is 244 g/mol. The summed E-state index contributed by atoms with van der Waals surface area (Å²) in [6.07, 6.45) is 8.76. The van der Waals surface area contributed by atoms with Crippen LogP contribution >= 0.6 is 12.2 Å². The van der Waals surface area contributed by atoms with Gasteiger partial charge in [-0.1, -0.05) is 44.8 Å². The molecule has 1 amide bonds. The molecule has 0 aromatic rings. The van der Waals surface area contributed by atoms with E-state index in [0.717, 1.165) is 32.2 Å². The zero-order valence-electron chi connectivity index (χ0n) is 11.3. The molecular formula is C14H24N2OS. The highest BCUT2D eigenvalue weighted by Crippen LogP contribution is 2.40. The third-order valence-corrected chi connectivity index (χ3v) is 5.24. The van der Waals surface area contributed by atoms with Crippen molar-refractivity contribution in [2.45, 2.75) is 58.3 Å². The summed E-state index contributed by atoms with van der Waals surface area (Å²) < 4.78 is 0. The highest BCUT2D eigenvalue weighted by molar-refractivity contribution is 7.80. The number of thiocarbonyl (C=S) groups is 1. The topological polar surface area (TPSA) is 55.1 Å². The maximum atomic E-state index is 12.4. The standard InChI is InChI=1S/C14H24N2OS/c1-13(6-2-3-7-13)10-16-12(17)14(11(15)18)8-4-5-9-14/h2-10H2,1H3,(H2,15,18)(H,16,17). The normalized spacial score (nSPS) is 24.9. The Hall–Kier alpha value is -0.640. The van der Waals surface area contributed by atoms with Gasteiger partial charge in [0.15, 0.2) is 0 Å². The molecule has 3 N–H and O–H groups in total. The molecule has 0 aromatic heterocycles. The number of nitrogens with one attached hydrogen (secondary N) is 1. The summed E-state index contributed by atoms with van der Waals surface area (Å²) in [5.41, 5.74) is 5.55. The van der Waals surface area contributed by atoms with E-state index in [1.807, 2.05) is 0 Å². The first-order valence-electron chi connectivity index (χ1n) is 7.07. The predicted octanol–water partition coefficient (Wildman–Crippen LogP) is 2.53. The first-order valence-corrected chi connectivity index (χ1v) is 7.48. The second kappa shape index (κ2) is 5.16. The minimum Gasteiger partial charge on any atom is -0.392 e. The fourth-order valence-corrected chi connectivity index (χ4v) is 3.73. The van der Waals surface area contributed by atoms with E-state index in [1.165, 1.54) is 25.7 Å². The fourth-order valence-electron chi connectivity index (χ4n) is 3.43. The molecule has 0 bridgehead atoms. The molecule has 3 nitrogen and oxygen atoms in total. The van der Waals surface area contributed by atoms with Crippen molar-refractivity contribution < 1.29 is 4.79 Å². The molecule has 0 aliphatic heterocycles. The molecule has 2 rings (SSSR count). The van der Waals surface area contributed by atoms with Gasteiger partial charge in [-0.05, 0) is 31.1 Å². The number of hydrogen-bond acceptors (Lipinski definition) is 2. The van der Waals surface area contributed by atoms with Crippen LogP contribution in [0, 0.1) is 10.8 Å². The van der Waals surface area contributed by atoms with Gasteiger partial charge >= 0.3 is 0 Å². The Morgan fingerprint density at radius 2 is 1.67 bits per heavy atom. The van der Waals surface area contributed by atoms with Crippen LogP contribution in [0.2, 0.25) is 0 Å². The molecule has 0 saturated heterocycles. The Bertz CT molecular complexity index is 342. The van der Waals surface area contributed by atoms with E-state index in [2.05, 4.69) is 12.2 Å². The SMILES string of the molecule is CC1(CNC(=O)C2(C(N)=S)CCCC2)CCCC1. The van der Waals surface area contributed by atoms with Gasteiger partial charge in [0.05, 0.1) is 10.4 Å². The molecule has 0 spiro atoms. The van der Waals surface area contributed by atoms with Crippen LogP contribution in [0.1, 0.15) is 58.3 Å². The highest BCUT2D eigenvalue weighted by atomic mass is 32.1. The van der Waals surface area contributed by atoms with Crippen molar-refractivity contribution in [2.24, 2.45) is 16.6 Å². The van der Waals surface area contributed by atoms with E-state index < -0.39 is 5.41 Å². The van der Waals surface area contributed by atoms with Crippen molar-refractivity contribution >= 4 is 23.1 Å². The monoisotopic (exact) mass is 268 g/mol. The van der Waals surface area contributed by atoms with Crippen LogP contribution in [0.15, 0.2) is 0 Å². The number of nitrogens with two attached hydrogens (primary N) is 1. The largest absolute Gasteiger partial charge is 0.392 e. The number of amides is 1. The Morgan fingerprint density at radius 3 is 2.17 bits per heavy atom. The molecule has 0 unspecified atom stereocenters. The first-order chi connectivity index (χ1) is 8.49. The van der Waals surface area contributed by atoms with Crippen LogP contribution in [0.4, 0.5) is 0 Å². The van der Waals surface area contributed by atoms with E-state index in [4.69, 9.17) is 18.0 Å². The molecule has 4 heteroatoms. The molecule has 2 saturated carbocycles. The second-order valence-corrected chi connectivity index (χ2v) is 6.79. The van der Waals surface area contributed by atoms with Gasteiger partial charge in [0, 0.05) is 6.54 Å². The Morgan fingerprint density at radius 1 is 1.17 bits per heavy atom. The predicted molar refractivity (Wildman–Crippen MR) is 77.3 cm³/mol. The highest BCUT2D eigenvalue weighted by Gasteiger charge is 2.44. The van der Waals surface area contributed by atoms with Gasteiger partial charge < -0.3 is 11.1 Å². The van der Waals surface area contributed by atoms with Crippen LogP contribution in [-0.4, -0.2) is 17.4 Å². The number of hydrogen-bond donors (Lipinski definition) is 2. The zero-order chi connectivity index (χ0) is 13.2. The third kappa shape index (κ3) is 2.53. The molecule has 0 heterocycles.